The Labute approximate surface area is 108 Å². The second kappa shape index (κ2) is 5.73. The van der Waals surface area contributed by atoms with Crippen molar-refractivity contribution in [3.63, 3.8) is 0 Å². The van der Waals surface area contributed by atoms with E-state index in [1.54, 1.807) is 25.4 Å². The van der Waals surface area contributed by atoms with Crippen LogP contribution in [0, 0.1) is 5.82 Å². The van der Waals surface area contributed by atoms with Crippen molar-refractivity contribution in [2.75, 3.05) is 0 Å². The zero-order valence-electron chi connectivity index (χ0n) is 9.71. The van der Waals surface area contributed by atoms with Crippen LogP contribution in [0.5, 0.6) is 0 Å². The van der Waals surface area contributed by atoms with Gasteiger partial charge in [0.05, 0.1) is 5.25 Å². The summed E-state index contributed by atoms with van der Waals surface area (Å²) in [7, 11) is 0. The van der Waals surface area contributed by atoms with Crippen LogP contribution in [0.2, 0.25) is 0 Å². The van der Waals surface area contributed by atoms with Crippen LogP contribution in [0.4, 0.5) is 4.39 Å². The smallest absolute Gasteiger partial charge is 0.188 e. The highest BCUT2D eigenvalue weighted by atomic mass is 32.2. The van der Waals surface area contributed by atoms with Crippen LogP contribution in [0.1, 0.15) is 17.3 Å². The third-order valence-corrected chi connectivity index (χ3v) is 3.31. The summed E-state index contributed by atoms with van der Waals surface area (Å²) in [6, 6.07) is 7.25. The number of ketones is 1. The average Bonchev–Trinajstić information content (AvgIpc) is 2.40. The van der Waals surface area contributed by atoms with Crippen LogP contribution in [0.3, 0.4) is 0 Å². The molecule has 0 radical (unpaired) electrons. The molecular weight excluding hydrogens is 251 g/mol. The van der Waals surface area contributed by atoms with E-state index in [4.69, 9.17) is 0 Å². The Morgan fingerprint density at radius 2 is 1.83 bits per heavy atom. The van der Waals surface area contributed by atoms with Crippen molar-refractivity contribution in [1.82, 2.24) is 9.97 Å². The van der Waals surface area contributed by atoms with Crippen molar-refractivity contribution >= 4 is 17.5 Å². The van der Waals surface area contributed by atoms with E-state index in [1.807, 2.05) is 0 Å². The van der Waals surface area contributed by atoms with Gasteiger partial charge >= 0.3 is 0 Å². The highest BCUT2D eigenvalue weighted by Crippen LogP contribution is 2.21. The van der Waals surface area contributed by atoms with Gasteiger partial charge in [-0.3, -0.25) is 4.79 Å². The predicted octanol–water partition coefficient (Wildman–Crippen LogP) is 2.98. The first kappa shape index (κ1) is 12.7. The molecule has 1 atom stereocenters. The topological polar surface area (TPSA) is 42.9 Å². The first-order valence-electron chi connectivity index (χ1n) is 5.40. The zero-order valence-corrected chi connectivity index (χ0v) is 10.5. The van der Waals surface area contributed by atoms with Crippen LogP contribution >= 0.6 is 11.8 Å². The van der Waals surface area contributed by atoms with E-state index in [9.17, 15) is 9.18 Å². The van der Waals surface area contributed by atoms with Gasteiger partial charge in [-0.2, -0.15) is 0 Å². The molecule has 1 aromatic carbocycles. The summed E-state index contributed by atoms with van der Waals surface area (Å²) < 4.78 is 12.8. The molecule has 0 bridgehead atoms. The molecule has 1 aromatic heterocycles. The molecule has 0 saturated carbocycles. The molecule has 0 fully saturated rings. The number of hydrogen-bond donors (Lipinski definition) is 0. The largest absolute Gasteiger partial charge is 0.293 e. The highest BCUT2D eigenvalue weighted by molar-refractivity contribution is 8.00. The molecule has 0 N–H and O–H groups in total. The lowest BCUT2D eigenvalue weighted by atomic mass is 10.1. The molecule has 0 saturated heterocycles. The summed E-state index contributed by atoms with van der Waals surface area (Å²) in [5.74, 6) is -0.411. The Morgan fingerprint density at radius 1 is 1.22 bits per heavy atom. The maximum Gasteiger partial charge on any atom is 0.188 e. The van der Waals surface area contributed by atoms with Crippen LogP contribution < -0.4 is 0 Å². The molecule has 18 heavy (non-hydrogen) atoms. The average molecular weight is 262 g/mol. The van der Waals surface area contributed by atoms with Crippen LogP contribution in [0.15, 0.2) is 47.9 Å². The summed E-state index contributed by atoms with van der Waals surface area (Å²) >= 11 is 1.29. The third-order valence-electron chi connectivity index (χ3n) is 2.32. The van der Waals surface area contributed by atoms with Crippen LogP contribution in [0.25, 0.3) is 0 Å². The Kier molecular flexibility index (Phi) is 4.04. The number of benzene rings is 1. The quantitative estimate of drug-likeness (QED) is 0.482. The number of rotatable bonds is 4. The van der Waals surface area contributed by atoms with Gasteiger partial charge in [-0.05, 0) is 37.3 Å². The van der Waals surface area contributed by atoms with Crippen LogP contribution in [-0.2, 0) is 0 Å². The summed E-state index contributed by atoms with van der Waals surface area (Å²) in [4.78, 5) is 20.2. The van der Waals surface area contributed by atoms with E-state index in [1.165, 1.54) is 36.0 Å². The molecule has 0 aliphatic rings. The van der Waals surface area contributed by atoms with Crippen molar-refractivity contribution in [2.24, 2.45) is 0 Å². The number of nitrogens with zero attached hydrogens (tertiary/aromatic N) is 2. The molecule has 1 heterocycles. The maximum atomic E-state index is 12.8. The van der Waals surface area contributed by atoms with Gasteiger partial charge in [0.15, 0.2) is 10.9 Å². The van der Waals surface area contributed by atoms with Gasteiger partial charge in [0, 0.05) is 18.0 Å². The van der Waals surface area contributed by atoms with E-state index < -0.39 is 0 Å². The monoisotopic (exact) mass is 262 g/mol. The maximum absolute atomic E-state index is 12.8. The van der Waals surface area contributed by atoms with E-state index in [0.717, 1.165) is 0 Å². The van der Waals surface area contributed by atoms with E-state index in [-0.39, 0.29) is 16.9 Å². The summed E-state index contributed by atoms with van der Waals surface area (Å²) in [5.41, 5.74) is 0.493. The van der Waals surface area contributed by atoms with Crippen molar-refractivity contribution in [2.45, 2.75) is 17.3 Å². The fourth-order valence-corrected chi connectivity index (χ4v) is 2.21. The molecule has 2 aromatic rings. The Balaban J connectivity index is 2.07. The van der Waals surface area contributed by atoms with Gasteiger partial charge in [0.2, 0.25) is 0 Å². The number of aromatic nitrogens is 2. The van der Waals surface area contributed by atoms with Gasteiger partial charge in [0.25, 0.3) is 0 Å². The third kappa shape index (κ3) is 3.13. The second-order valence-electron chi connectivity index (χ2n) is 3.66. The molecule has 0 aliphatic heterocycles. The Bertz CT molecular complexity index is 530. The number of hydrogen-bond acceptors (Lipinski definition) is 4. The van der Waals surface area contributed by atoms with E-state index in [0.29, 0.717) is 10.7 Å². The standard InChI is InChI=1S/C13H11FN2OS/c1-9(18-13-15-7-2-8-16-13)12(17)10-3-5-11(14)6-4-10/h2-9H,1H3/t9-/m0/s1. The minimum Gasteiger partial charge on any atom is -0.293 e. The summed E-state index contributed by atoms with van der Waals surface area (Å²) in [5, 5.41) is 0.248. The summed E-state index contributed by atoms with van der Waals surface area (Å²) in [6.45, 7) is 1.78. The molecule has 92 valence electrons. The number of carbonyl (C=O) groups excluding carboxylic acids is 1. The number of Topliss-reactive ketones (excluding diaryl/α,β-unsaturated/α-hetero) is 1. The highest BCUT2D eigenvalue weighted by Gasteiger charge is 2.17. The second-order valence-corrected chi connectivity index (χ2v) is 4.97. The lowest BCUT2D eigenvalue weighted by molar-refractivity contribution is 0.0994. The Hall–Kier alpha value is -1.75. The predicted molar refractivity (Wildman–Crippen MR) is 68.1 cm³/mol. The number of carbonyl (C=O) groups is 1. The molecule has 2 rings (SSSR count). The van der Waals surface area contributed by atoms with Gasteiger partial charge < -0.3 is 0 Å². The number of thioether (sulfide) groups is 1. The molecule has 3 nitrogen and oxygen atoms in total. The molecule has 0 amide bonds. The van der Waals surface area contributed by atoms with Crippen LogP contribution in [-0.4, -0.2) is 21.0 Å². The fourth-order valence-electron chi connectivity index (χ4n) is 1.41. The first-order chi connectivity index (χ1) is 8.66. The molecule has 0 aliphatic carbocycles. The van der Waals surface area contributed by atoms with Gasteiger partial charge in [-0.1, -0.05) is 11.8 Å². The minimum absolute atomic E-state index is 0.0625. The SMILES string of the molecule is C[C@H](Sc1ncccn1)C(=O)c1ccc(F)cc1. The van der Waals surface area contributed by atoms with Crippen molar-refractivity contribution in [1.29, 1.82) is 0 Å². The molecule has 0 unspecified atom stereocenters. The Morgan fingerprint density at radius 3 is 2.44 bits per heavy atom. The van der Waals surface area contributed by atoms with E-state index >= 15 is 0 Å². The fraction of sp³-hybridized carbons (Fsp3) is 0.154. The first-order valence-corrected chi connectivity index (χ1v) is 6.28. The van der Waals surface area contributed by atoms with Gasteiger partial charge in [-0.15, -0.1) is 0 Å². The zero-order chi connectivity index (χ0) is 13.0. The van der Waals surface area contributed by atoms with Gasteiger partial charge in [-0.25, -0.2) is 14.4 Å². The molecule has 0 spiro atoms. The lowest BCUT2D eigenvalue weighted by Crippen LogP contribution is -2.13. The minimum atomic E-state index is -0.349. The van der Waals surface area contributed by atoms with Crippen molar-refractivity contribution in [3.8, 4) is 0 Å². The molecular formula is C13H11FN2OS. The van der Waals surface area contributed by atoms with E-state index in [2.05, 4.69) is 9.97 Å². The number of halogens is 1. The van der Waals surface area contributed by atoms with Gasteiger partial charge in [0.1, 0.15) is 5.82 Å². The molecule has 5 heteroatoms. The normalized spacial score (nSPS) is 12.1. The lowest BCUT2D eigenvalue weighted by Gasteiger charge is -2.08. The van der Waals surface area contributed by atoms with Crippen molar-refractivity contribution < 1.29 is 9.18 Å². The summed E-state index contributed by atoms with van der Waals surface area (Å²) in [6.07, 6.45) is 3.26. The van der Waals surface area contributed by atoms with Crippen molar-refractivity contribution in [3.05, 3.63) is 54.1 Å².